The normalized spacial score (nSPS) is 12.1. The maximum absolute atomic E-state index is 11.4. The van der Waals surface area contributed by atoms with Crippen LogP contribution in [0.4, 0.5) is 0 Å². The first-order valence-corrected chi connectivity index (χ1v) is 5.71. The van der Waals surface area contributed by atoms with Gasteiger partial charge in [0.25, 0.3) is 0 Å². The summed E-state index contributed by atoms with van der Waals surface area (Å²) < 4.78 is 0. The monoisotopic (exact) mass is 259 g/mol. The van der Waals surface area contributed by atoms with Crippen LogP contribution in [0.15, 0.2) is 5.38 Å². The molecule has 0 fully saturated rings. The van der Waals surface area contributed by atoms with Gasteiger partial charge in [0.05, 0.1) is 18.7 Å². The lowest BCUT2D eigenvalue weighted by Crippen LogP contribution is -2.43. The second kappa shape index (κ2) is 6.28. The van der Waals surface area contributed by atoms with E-state index in [0.717, 1.165) is 0 Å². The number of carboxylic acid groups (broad SMARTS) is 1. The van der Waals surface area contributed by atoms with Gasteiger partial charge in [-0.1, -0.05) is 0 Å². The summed E-state index contributed by atoms with van der Waals surface area (Å²) in [5.41, 5.74) is 5.91. The molecule has 0 saturated heterocycles. The summed E-state index contributed by atoms with van der Waals surface area (Å²) in [4.78, 5) is 26.1. The van der Waals surface area contributed by atoms with Crippen LogP contribution >= 0.6 is 11.3 Å². The smallest absolute Gasteiger partial charge is 0.328 e. The van der Waals surface area contributed by atoms with Crippen molar-refractivity contribution in [2.24, 2.45) is 5.73 Å². The summed E-state index contributed by atoms with van der Waals surface area (Å²) in [6.07, 6.45) is -0.0275. The topological polar surface area (TPSA) is 126 Å². The number of carboxylic acids is 1. The average Bonchev–Trinajstić information content (AvgIpc) is 2.73. The minimum atomic E-state index is -1.28. The van der Waals surface area contributed by atoms with Gasteiger partial charge in [0.2, 0.25) is 5.91 Å². The Labute approximate surface area is 101 Å². The molecular weight excluding hydrogens is 246 g/mol. The summed E-state index contributed by atoms with van der Waals surface area (Å²) in [5, 5.41) is 21.9. The van der Waals surface area contributed by atoms with E-state index in [1.807, 2.05) is 0 Å². The van der Waals surface area contributed by atoms with Crippen molar-refractivity contribution in [3.63, 3.8) is 0 Å². The standard InChI is InChI=1S/C9H13N3O4S/c10-2-8-11-5(4-17-8)1-7(14)12-6(3-13)9(15)16/h4,6,13H,1-3,10H2,(H,12,14)(H,15,16). The van der Waals surface area contributed by atoms with E-state index in [-0.39, 0.29) is 6.42 Å². The van der Waals surface area contributed by atoms with Gasteiger partial charge in [-0.05, 0) is 0 Å². The second-order valence-electron chi connectivity index (χ2n) is 3.25. The number of carbonyl (C=O) groups is 2. The fourth-order valence-corrected chi connectivity index (χ4v) is 1.79. The lowest BCUT2D eigenvalue weighted by molar-refractivity contribution is -0.142. The van der Waals surface area contributed by atoms with Crippen LogP contribution in [0.5, 0.6) is 0 Å². The molecule has 17 heavy (non-hydrogen) atoms. The van der Waals surface area contributed by atoms with Crippen molar-refractivity contribution in [3.8, 4) is 0 Å². The first kappa shape index (κ1) is 13.6. The van der Waals surface area contributed by atoms with Crippen molar-refractivity contribution >= 4 is 23.2 Å². The van der Waals surface area contributed by atoms with Crippen molar-refractivity contribution in [3.05, 3.63) is 16.1 Å². The average molecular weight is 259 g/mol. The highest BCUT2D eigenvalue weighted by molar-refractivity contribution is 7.09. The molecule has 1 atom stereocenters. The van der Waals surface area contributed by atoms with Gasteiger partial charge in [-0.15, -0.1) is 11.3 Å². The number of aliphatic hydroxyl groups excluding tert-OH is 1. The van der Waals surface area contributed by atoms with Crippen LogP contribution in [-0.2, 0) is 22.6 Å². The van der Waals surface area contributed by atoms with Gasteiger partial charge in [-0.25, -0.2) is 9.78 Å². The maximum atomic E-state index is 11.4. The molecule has 5 N–H and O–H groups in total. The predicted octanol–water partition coefficient (Wildman–Crippen LogP) is -1.29. The molecule has 1 heterocycles. The van der Waals surface area contributed by atoms with Crippen LogP contribution in [0.2, 0.25) is 0 Å². The number of nitrogens with two attached hydrogens (primary N) is 1. The quantitative estimate of drug-likeness (QED) is 0.503. The van der Waals surface area contributed by atoms with Crippen molar-refractivity contribution in [2.45, 2.75) is 19.0 Å². The third-order valence-corrected chi connectivity index (χ3v) is 2.85. The zero-order valence-electron chi connectivity index (χ0n) is 8.92. The SMILES string of the molecule is NCc1nc(CC(=O)NC(CO)C(=O)O)cs1. The molecule has 0 aliphatic rings. The van der Waals surface area contributed by atoms with E-state index in [9.17, 15) is 9.59 Å². The number of thiazole rings is 1. The summed E-state index contributed by atoms with van der Waals surface area (Å²) >= 11 is 1.34. The Morgan fingerprint density at radius 3 is 2.76 bits per heavy atom. The molecule has 0 saturated carbocycles. The highest BCUT2D eigenvalue weighted by Gasteiger charge is 2.19. The minimum absolute atomic E-state index is 0.0275. The zero-order chi connectivity index (χ0) is 12.8. The van der Waals surface area contributed by atoms with Crippen LogP contribution in [0, 0.1) is 0 Å². The molecule has 94 valence electrons. The number of hydrogen-bond acceptors (Lipinski definition) is 6. The number of aromatic nitrogens is 1. The molecule has 1 aromatic heterocycles. The molecule has 7 nitrogen and oxygen atoms in total. The number of nitrogens with one attached hydrogen (secondary N) is 1. The Morgan fingerprint density at radius 1 is 1.59 bits per heavy atom. The zero-order valence-corrected chi connectivity index (χ0v) is 9.74. The Bertz CT molecular complexity index is 407. The van der Waals surface area contributed by atoms with Gasteiger partial charge in [-0.3, -0.25) is 4.79 Å². The predicted molar refractivity (Wildman–Crippen MR) is 60.4 cm³/mol. The van der Waals surface area contributed by atoms with Crippen molar-refractivity contribution < 1.29 is 19.8 Å². The Morgan fingerprint density at radius 2 is 2.29 bits per heavy atom. The molecule has 1 unspecified atom stereocenters. The molecule has 1 amide bonds. The van der Waals surface area contributed by atoms with Gasteiger partial charge < -0.3 is 21.3 Å². The lowest BCUT2D eigenvalue weighted by Gasteiger charge is -2.10. The van der Waals surface area contributed by atoms with Crippen molar-refractivity contribution in [2.75, 3.05) is 6.61 Å². The van der Waals surface area contributed by atoms with Crippen LogP contribution in [-0.4, -0.2) is 39.7 Å². The fourth-order valence-electron chi connectivity index (χ4n) is 1.12. The summed E-state index contributed by atoms with van der Waals surface area (Å²) in [6.45, 7) is -0.340. The third kappa shape index (κ3) is 4.10. The van der Waals surface area contributed by atoms with E-state index >= 15 is 0 Å². The highest BCUT2D eigenvalue weighted by atomic mass is 32.1. The first-order chi connectivity index (χ1) is 8.06. The summed E-state index contributed by atoms with van der Waals surface area (Å²) in [5.74, 6) is -1.78. The van der Waals surface area contributed by atoms with E-state index < -0.39 is 24.5 Å². The number of aliphatic carboxylic acids is 1. The third-order valence-electron chi connectivity index (χ3n) is 1.93. The Kier molecular flexibility index (Phi) is 5.01. The number of amides is 1. The number of rotatable bonds is 6. The van der Waals surface area contributed by atoms with Crippen LogP contribution in [0.1, 0.15) is 10.7 Å². The van der Waals surface area contributed by atoms with Crippen molar-refractivity contribution in [1.29, 1.82) is 0 Å². The van der Waals surface area contributed by atoms with Crippen LogP contribution < -0.4 is 11.1 Å². The van der Waals surface area contributed by atoms with Gasteiger partial charge in [-0.2, -0.15) is 0 Å². The number of aliphatic hydroxyl groups is 1. The Balaban J connectivity index is 2.51. The first-order valence-electron chi connectivity index (χ1n) is 4.83. The molecular formula is C9H13N3O4S. The second-order valence-corrected chi connectivity index (χ2v) is 4.20. The molecule has 0 aliphatic heterocycles. The molecule has 0 aliphatic carbocycles. The van der Waals surface area contributed by atoms with Crippen molar-refractivity contribution in [1.82, 2.24) is 10.3 Å². The molecule has 0 spiro atoms. The van der Waals surface area contributed by atoms with Crippen LogP contribution in [0.3, 0.4) is 0 Å². The molecule has 1 rings (SSSR count). The largest absolute Gasteiger partial charge is 0.480 e. The number of nitrogens with zero attached hydrogens (tertiary/aromatic N) is 1. The van der Waals surface area contributed by atoms with Gasteiger partial charge >= 0.3 is 5.97 Å². The summed E-state index contributed by atoms with van der Waals surface area (Å²) in [6, 6.07) is -1.28. The molecule has 1 aromatic rings. The summed E-state index contributed by atoms with van der Waals surface area (Å²) in [7, 11) is 0. The van der Waals surface area contributed by atoms with E-state index in [0.29, 0.717) is 17.2 Å². The Hall–Kier alpha value is -1.51. The van der Waals surface area contributed by atoms with Crippen LogP contribution in [0.25, 0.3) is 0 Å². The van der Waals surface area contributed by atoms with E-state index in [1.54, 1.807) is 5.38 Å². The maximum Gasteiger partial charge on any atom is 0.328 e. The van der Waals surface area contributed by atoms with E-state index in [1.165, 1.54) is 11.3 Å². The molecule has 0 radical (unpaired) electrons. The lowest BCUT2D eigenvalue weighted by atomic mass is 10.2. The number of hydrogen-bond donors (Lipinski definition) is 4. The fraction of sp³-hybridized carbons (Fsp3) is 0.444. The van der Waals surface area contributed by atoms with E-state index in [4.69, 9.17) is 15.9 Å². The van der Waals surface area contributed by atoms with Gasteiger partial charge in [0.1, 0.15) is 11.0 Å². The highest BCUT2D eigenvalue weighted by Crippen LogP contribution is 2.09. The minimum Gasteiger partial charge on any atom is -0.480 e. The van der Waals surface area contributed by atoms with Gasteiger partial charge in [0, 0.05) is 11.9 Å². The molecule has 8 heteroatoms. The molecule has 0 bridgehead atoms. The number of carbonyl (C=O) groups excluding carboxylic acids is 1. The van der Waals surface area contributed by atoms with Gasteiger partial charge in [0.15, 0.2) is 0 Å². The molecule has 0 aromatic carbocycles. The van der Waals surface area contributed by atoms with E-state index in [2.05, 4.69) is 10.3 Å².